The minimum atomic E-state index is -0.394. The van der Waals surface area contributed by atoms with Crippen molar-refractivity contribution in [3.05, 3.63) is 108 Å². The summed E-state index contributed by atoms with van der Waals surface area (Å²) in [7, 11) is 0. The Balaban J connectivity index is 1.12. The molecule has 5 rings (SSSR count). The predicted octanol–water partition coefficient (Wildman–Crippen LogP) is 6.62. The van der Waals surface area contributed by atoms with E-state index in [-0.39, 0.29) is 17.6 Å². The maximum atomic E-state index is 13.0. The van der Waals surface area contributed by atoms with Gasteiger partial charge in [-0.25, -0.2) is 9.37 Å². The molecule has 5 aromatic rings. The van der Waals surface area contributed by atoms with Crippen molar-refractivity contribution >= 4 is 46.1 Å². The van der Waals surface area contributed by atoms with Crippen LogP contribution in [0, 0.1) is 5.82 Å². The van der Waals surface area contributed by atoms with Crippen LogP contribution < -0.4 is 10.6 Å². The van der Waals surface area contributed by atoms with Gasteiger partial charge in [-0.15, -0.1) is 11.8 Å². The second kappa shape index (κ2) is 10.5. The van der Waals surface area contributed by atoms with E-state index in [1.54, 1.807) is 12.1 Å². The van der Waals surface area contributed by atoms with Gasteiger partial charge in [0.15, 0.2) is 5.58 Å². The number of carbonyl (C=O) groups is 2. The Morgan fingerprint density at radius 1 is 0.806 bits per heavy atom. The number of benzene rings is 4. The van der Waals surface area contributed by atoms with E-state index in [1.165, 1.54) is 36.0 Å². The Morgan fingerprint density at radius 2 is 1.47 bits per heavy atom. The van der Waals surface area contributed by atoms with E-state index in [4.69, 9.17) is 4.42 Å². The molecule has 0 aliphatic rings. The first-order valence-electron chi connectivity index (χ1n) is 11.1. The molecule has 8 heteroatoms. The molecular formula is C28H20FN3O3S. The number of nitrogens with one attached hydrogen (secondary N) is 2. The van der Waals surface area contributed by atoms with Crippen molar-refractivity contribution < 1.29 is 18.4 Å². The lowest BCUT2D eigenvalue weighted by molar-refractivity contribution is -0.113. The van der Waals surface area contributed by atoms with Crippen LogP contribution in [0.4, 0.5) is 15.8 Å². The molecule has 36 heavy (non-hydrogen) atoms. The van der Waals surface area contributed by atoms with Crippen molar-refractivity contribution in [2.45, 2.75) is 4.90 Å². The summed E-state index contributed by atoms with van der Waals surface area (Å²) in [5.74, 6) is -0.0928. The Kier molecular flexibility index (Phi) is 6.77. The van der Waals surface area contributed by atoms with Gasteiger partial charge in [0.1, 0.15) is 11.3 Å². The van der Waals surface area contributed by atoms with Crippen molar-refractivity contribution in [3.8, 4) is 11.5 Å². The predicted molar refractivity (Wildman–Crippen MR) is 140 cm³/mol. The summed E-state index contributed by atoms with van der Waals surface area (Å²) in [4.78, 5) is 30.0. The van der Waals surface area contributed by atoms with Crippen molar-refractivity contribution in [1.82, 2.24) is 4.98 Å². The van der Waals surface area contributed by atoms with E-state index in [2.05, 4.69) is 15.6 Å². The lowest BCUT2D eigenvalue weighted by atomic mass is 10.2. The lowest BCUT2D eigenvalue weighted by Crippen LogP contribution is -2.14. The van der Waals surface area contributed by atoms with Crippen molar-refractivity contribution in [2.75, 3.05) is 16.4 Å². The average molecular weight is 498 g/mol. The summed E-state index contributed by atoms with van der Waals surface area (Å²) >= 11 is 1.38. The van der Waals surface area contributed by atoms with Crippen molar-refractivity contribution in [3.63, 3.8) is 0 Å². The van der Waals surface area contributed by atoms with Crippen LogP contribution in [0.15, 0.2) is 106 Å². The Labute approximate surface area is 210 Å². The third-order valence-corrected chi connectivity index (χ3v) is 6.31. The molecule has 0 bridgehead atoms. The largest absolute Gasteiger partial charge is 0.436 e. The number of anilines is 2. The third kappa shape index (κ3) is 5.61. The molecule has 6 nitrogen and oxygen atoms in total. The second-order valence-electron chi connectivity index (χ2n) is 7.89. The molecule has 2 amide bonds. The fraction of sp³-hybridized carbons (Fsp3) is 0.0357. The lowest BCUT2D eigenvalue weighted by Gasteiger charge is -2.08. The van der Waals surface area contributed by atoms with Crippen LogP contribution in [0.2, 0.25) is 0 Å². The van der Waals surface area contributed by atoms with Gasteiger partial charge in [0.05, 0.1) is 5.75 Å². The summed E-state index contributed by atoms with van der Waals surface area (Å²) in [5, 5.41) is 5.65. The first-order chi connectivity index (χ1) is 17.5. The Bertz CT molecular complexity index is 1480. The molecule has 0 atom stereocenters. The van der Waals surface area contributed by atoms with Gasteiger partial charge >= 0.3 is 0 Å². The van der Waals surface area contributed by atoms with Gasteiger partial charge in [0.25, 0.3) is 5.91 Å². The highest BCUT2D eigenvalue weighted by atomic mass is 32.2. The van der Waals surface area contributed by atoms with E-state index >= 15 is 0 Å². The molecule has 0 unspecified atom stereocenters. The Morgan fingerprint density at radius 3 is 2.19 bits per heavy atom. The van der Waals surface area contributed by atoms with Gasteiger partial charge in [-0.3, -0.25) is 9.59 Å². The fourth-order valence-electron chi connectivity index (χ4n) is 3.48. The summed E-state index contributed by atoms with van der Waals surface area (Å²) in [6.45, 7) is 0. The van der Waals surface area contributed by atoms with Gasteiger partial charge in [-0.1, -0.05) is 12.1 Å². The number of para-hydroxylation sites is 2. The van der Waals surface area contributed by atoms with E-state index < -0.39 is 5.82 Å². The van der Waals surface area contributed by atoms with Gasteiger partial charge in [-0.05, 0) is 84.9 Å². The van der Waals surface area contributed by atoms with Gasteiger partial charge < -0.3 is 15.1 Å². The third-order valence-electron chi connectivity index (χ3n) is 5.30. The zero-order chi connectivity index (χ0) is 24.9. The van der Waals surface area contributed by atoms with E-state index in [0.717, 1.165) is 21.6 Å². The maximum absolute atomic E-state index is 13.0. The number of rotatable bonds is 7. The average Bonchev–Trinajstić information content (AvgIpc) is 3.33. The molecule has 178 valence electrons. The minimum absolute atomic E-state index is 0.136. The van der Waals surface area contributed by atoms with E-state index in [0.29, 0.717) is 22.8 Å². The molecule has 0 aliphatic heterocycles. The molecule has 1 aromatic heterocycles. The first kappa shape index (κ1) is 23.3. The molecule has 1 heterocycles. The normalized spacial score (nSPS) is 10.8. The minimum Gasteiger partial charge on any atom is -0.436 e. The Hall–Kier alpha value is -4.43. The SMILES string of the molecule is O=C(CSc1ccc(NC(=O)c2ccc(F)cc2)cc1)Nc1ccc(-c2nc3ccccc3o2)cc1. The number of hydrogen-bond acceptors (Lipinski definition) is 5. The number of carbonyl (C=O) groups excluding carboxylic acids is 2. The fourth-order valence-corrected chi connectivity index (χ4v) is 4.18. The highest BCUT2D eigenvalue weighted by molar-refractivity contribution is 8.00. The quantitative estimate of drug-likeness (QED) is 0.247. The molecule has 0 fully saturated rings. The number of aromatic nitrogens is 1. The number of oxazole rings is 1. The molecule has 0 aliphatic carbocycles. The number of thioether (sulfide) groups is 1. The number of fused-ring (bicyclic) bond motifs is 1. The summed E-state index contributed by atoms with van der Waals surface area (Å²) < 4.78 is 18.8. The molecule has 0 saturated carbocycles. The molecule has 4 aromatic carbocycles. The van der Waals surface area contributed by atoms with Gasteiger partial charge in [-0.2, -0.15) is 0 Å². The topological polar surface area (TPSA) is 84.2 Å². The summed E-state index contributed by atoms with van der Waals surface area (Å²) in [5.41, 5.74) is 4.01. The highest BCUT2D eigenvalue weighted by Gasteiger charge is 2.10. The summed E-state index contributed by atoms with van der Waals surface area (Å²) in [6, 6.07) is 27.4. The van der Waals surface area contributed by atoms with E-state index in [9.17, 15) is 14.0 Å². The maximum Gasteiger partial charge on any atom is 0.255 e. The highest BCUT2D eigenvalue weighted by Crippen LogP contribution is 2.26. The number of amides is 2. The van der Waals surface area contributed by atoms with Gasteiger partial charge in [0.2, 0.25) is 11.8 Å². The van der Waals surface area contributed by atoms with Crippen LogP contribution in [-0.4, -0.2) is 22.6 Å². The van der Waals surface area contributed by atoms with E-state index in [1.807, 2.05) is 60.7 Å². The van der Waals surface area contributed by atoms with Crippen LogP contribution >= 0.6 is 11.8 Å². The van der Waals surface area contributed by atoms with Crippen molar-refractivity contribution in [2.24, 2.45) is 0 Å². The van der Waals surface area contributed by atoms with Gasteiger partial charge in [0, 0.05) is 27.4 Å². The number of hydrogen-bond donors (Lipinski definition) is 2. The molecular weight excluding hydrogens is 477 g/mol. The number of nitrogens with zero attached hydrogens (tertiary/aromatic N) is 1. The molecule has 0 spiro atoms. The monoisotopic (exact) mass is 497 g/mol. The number of halogens is 1. The van der Waals surface area contributed by atoms with Crippen LogP contribution in [0.3, 0.4) is 0 Å². The zero-order valence-corrected chi connectivity index (χ0v) is 19.7. The smallest absolute Gasteiger partial charge is 0.255 e. The molecule has 0 saturated heterocycles. The zero-order valence-electron chi connectivity index (χ0n) is 18.9. The summed E-state index contributed by atoms with van der Waals surface area (Å²) in [6.07, 6.45) is 0. The molecule has 0 radical (unpaired) electrons. The van der Waals surface area contributed by atoms with Crippen molar-refractivity contribution in [1.29, 1.82) is 0 Å². The van der Waals surface area contributed by atoms with Crippen LogP contribution in [0.1, 0.15) is 10.4 Å². The van der Waals surface area contributed by atoms with Crippen LogP contribution in [-0.2, 0) is 4.79 Å². The molecule has 2 N–H and O–H groups in total. The van der Waals surface area contributed by atoms with Crippen LogP contribution in [0.5, 0.6) is 0 Å². The van der Waals surface area contributed by atoms with Crippen LogP contribution in [0.25, 0.3) is 22.6 Å². The second-order valence-corrected chi connectivity index (χ2v) is 8.94. The first-order valence-corrected chi connectivity index (χ1v) is 12.1. The standard InChI is InChI=1S/C28H20FN3O3S/c29-20-9-5-18(6-10-20)27(34)31-22-13-15-23(16-14-22)36-17-26(33)30-21-11-7-19(8-12-21)28-32-24-3-1-2-4-25(24)35-28/h1-16H,17H2,(H,30,33)(H,31,34).